The van der Waals surface area contributed by atoms with Gasteiger partial charge in [0.2, 0.25) is 0 Å². The third kappa shape index (κ3) is 5.15. The van der Waals surface area contributed by atoms with E-state index in [1.807, 2.05) is 49.0 Å². The molecule has 0 saturated heterocycles. The second kappa shape index (κ2) is 9.50. The van der Waals surface area contributed by atoms with E-state index in [4.69, 9.17) is 23.8 Å². The van der Waals surface area contributed by atoms with Crippen LogP contribution in [0.5, 0.6) is 0 Å². The van der Waals surface area contributed by atoms with Crippen LogP contribution in [0.2, 0.25) is 5.02 Å². The van der Waals surface area contributed by atoms with E-state index in [-0.39, 0.29) is 5.82 Å². The Balaban J connectivity index is 1.40. The lowest BCUT2D eigenvalue weighted by Crippen LogP contribution is -2.19. The van der Waals surface area contributed by atoms with Gasteiger partial charge in [-0.3, -0.25) is 9.36 Å². The van der Waals surface area contributed by atoms with Crippen LogP contribution in [0.25, 0.3) is 0 Å². The molecular weight excluding hydrogens is 447 g/mol. The topological polar surface area (TPSA) is 59.7 Å². The lowest BCUT2D eigenvalue weighted by molar-refractivity contribution is 0.624. The van der Waals surface area contributed by atoms with Crippen LogP contribution in [0.4, 0.5) is 15.8 Å². The Hall–Kier alpha value is -3.23. The summed E-state index contributed by atoms with van der Waals surface area (Å²) in [6.07, 6.45) is 3.54. The minimum absolute atomic E-state index is 0.256. The number of aromatic nitrogens is 4. The summed E-state index contributed by atoms with van der Waals surface area (Å²) < 4.78 is 16.7. The number of anilines is 2. The molecule has 4 aromatic rings. The summed E-state index contributed by atoms with van der Waals surface area (Å²) in [5, 5.41) is 16.5. The minimum Gasteiger partial charge on any atom is -0.330 e. The molecule has 2 heterocycles. The predicted molar refractivity (Wildman–Crippen MR) is 130 cm³/mol. The smallest absolute Gasteiger partial charge is 0.175 e. The Bertz CT molecular complexity index is 1250. The van der Waals surface area contributed by atoms with Crippen LogP contribution < -0.4 is 10.6 Å². The summed E-state index contributed by atoms with van der Waals surface area (Å²) in [6.45, 7) is 5.03. The van der Waals surface area contributed by atoms with Crippen LogP contribution in [-0.4, -0.2) is 24.7 Å². The lowest BCUT2D eigenvalue weighted by atomic mass is 10.2. The molecule has 6 nitrogen and oxygen atoms in total. The number of hydrogen-bond donors (Lipinski definition) is 2. The number of hydrogen-bond acceptors (Lipinski definition) is 3. The van der Waals surface area contributed by atoms with Crippen LogP contribution in [0.3, 0.4) is 0 Å². The standard InChI is InChI=1S/C23H22ClFN6S/c1-15-22(16(2)31(29-15)13-18-5-3-4-6-21(18)24)28-23(32)27-20-11-26-30(14-20)12-17-7-9-19(25)10-8-17/h3-11,14H,12-13H2,1-2H3,(H2,27,28,32). The number of thiocarbonyl (C=S) groups is 1. The third-order valence-corrected chi connectivity index (χ3v) is 5.62. The van der Waals surface area contributed by atoms with Crippen LogP contribution in [0, 0.1) is 19.7 Å². The van der Waals surface area contributed by atoms with Gasteiger partial charge in [0.1, 0.15) is 5.82 Å². The van der Waals surface area contributed by atoms with Crippen molar-refractivity contribution in [1.29, 1.82) is 0 Å². The summed E-state index contributed by atoms with van der Waals surface area (Å²) in [5.41, 5.74) is 5.36. The summed E-state index contributed by atoms with van der Waals surface area (Å²) in [6, 6.07) is 14.1. The van der Waals surface area contributed by atoms with Gasteiger partial charge in [-0.2, -0.15) is 10.2 Å². The first-order chi connectivity index (χ1) is 15.4. The van der Waals surface area contributed by atoms with Gasteiger partial charge in [-0.1, -0.05) is 41.9 Å². The van der Waals surface area contributed by atoms with Gasteiger partial charge in [0.05, 0.1) is 42.0 Å². The number of benzene rings is 2. The number of nitrogens with one attached hydrogen (secondary N) is 2. The van der Waals surface area contributed by atoms with Crippen molar-refractivity contribution in [2.24, 2.45) is 0 Å². The van der Waals surface area contributed by atoms with Gasteiger partial charge < -0.3 is 10.6 Å². The molecule has 0 fully saturated rings. The molecule has 0 saturated carbocycles. The maximum Gasteiger partial charge on any atom is 0.175 e. The van der Waals surface area contributed by atoms with Crippen LogP contribution >= 0.6 is 23.8 Å². The van der Waals surface area contributed by atoms with E-state index in [2.05, 4.69) is 20.8 Å². The highest BCUT2D eigenvalue weighted by molar-refractivity contribution is 7.80. The predicted octanol–water partition coefficient (Wildman–Crippen LogP) is 5.39. The van der Waals surface area contributed by atoms with Gasteiger partial charge in [-0.25, -0.2) is 4.39 Å². The van der Waals surface area contributed by atoms with E-state index < -0.39 is 0 Å². The molecule has 0 unspecified atom stereocenters. The quantitative estimate of drug-likeness (QED) is 0.371. The molecule has 0 bridgehead atoms. The maximum atomic E-state index is 13.1. The minimum atomic E-state index is -0.256. The van der Waals surface area contributed by atoms with E-state index in [0.29, 0.717) is 23.2 Å². The van der Waals surface area contributed by atoms with Crippen molar-refractivity contribution in [3.05, 3.63) is 94.3 Å². The molecule has 0 aliphatic carbocycles. The van der Waals surface area contributed by atoms with E-state index in [0.717, 1.165) is 33.9 Å². The lowest BCUT2D eigenvalue weighted by Gasteiger charge is -2.10. The largest absolute Gasteiger partial charge is 0.330 e. The molecule has 164 valence electrons. The van der Waals surface area contributed by atoms with Crippen molar-refractivity contribution >= 4 is 40.3 Å². The number of rotatable bonds is 6. The molecular formula is C23H22ClFN6S. The molecule has 4 rings (SSSR count). The Morgan fingerprint density at radius 3 is 2.56 bits per heavy atom. The average molecular weight is 469 g/mol. The fraction of sp³-hybridized carbons (Fsp3) is 0.174. The van der Waals surface area contributed by atoms with E-state index in [9.17, 15) is 4.39 Å². The highest BCUT2D eigenvalue weighted by Crippen LogP contribution is 2.23. The highest BCUT2D eigenvalue weighted by atomic mass is 35.5. The summed E-state index contributed by atoms with van der Waals surface area (Å²) in [7, 11) is 0. The Morgan fingerprint density at radius 2 is 1.81 bits per heavy atom. The Morgan fingerprint density at radius 1 is 1.06 bits per heavy atom. The molecule has 9 heteroatoms. The van der Waals surface area contributed by atoms with Crippen molar-refractivity contribution in [2.45, 2.75) is 26.9 Å². The van der Waals surface area contributed by atoms with Gasteiger partial charge in [-0.05, 0) is 55.4 Å². The van der Waals surface area contributed by atoms with Crippen molar-refractivity contribution in [3.8, 4) is 0 Å². The van der Waals surface area contributed by atoms with Gasteiger partial charge in [0.15, 0.2) is 5.11 Å². The molecule has 2 aromatic heterocycles. The molecule has 0 aliphatic rings. The Kier molecular flexibility index (Phi) is 6.53. The number of aryl methyl sites for hydroxylation is 1. The average Bonchev–Trinajstić information content (AvgIpc) is 3.30. The maximum absolute atomic E-state index is 13.1. The first-order valence-electron chi connectivity index (χ1n) is 10.0. The number of halogens is 2. The zero-order valence-electron chi connectivity index (χ0n) is 17.6. The molecule has 2 aromatic carbocycles. The molecule has 0 radical (unpaired) electrons. The molecule has 0 atom stereocenters. The first-order valence-corrected chi connectivity index (χ1v) is 10.8. The summed E-state index contributed by atoms with van der Waals surface area (Å²) >= 11 is 11.8. The highest BCUT2D eigenvalue weighted by Gasteiger charge is 2.14. The SMILES string of the molecule is Cc1nn(Cc2ccccc2Cl)c(C)c1NC(=S)Nc1cnn(Cc2ccc(F)cc2)c1. The van der Waals surface area contributed by atoms with Crippen molar-refractivity contribution in [2.75, 3.05) is 10.6 Å². The normalized spacial score (nSPS) is 10.9. The summed E-state index contributed by atoms with van der Waals surface area (Å²) in [5.74, 6) is -0.256. The van der Waals surface area contributed by atoms with Gasteiger partial charge in [0.25, 0.3) is 0 Å². The van der Waals surface area contributed by atoms with Gasteiger partial charge in [0, 0.05) is 11.2 Å². The van der Waals surface area contributed by atoms with Crippen molar-refractivity contribution in [1.82, 2.24) is 19.6 Å². The van der Waals surface area contributed by atoms with Gasteiger partial charge >= 0.3 is 0 Å². The van der Waals surface area contributed by atoms with Crippen molar-refractivity contribution < 1.29 is 4.39 Å². The molecule has 32 heavy (non-hydrogen) atoms. The van der Waals surface area contributed by atoms with Gasteiger partial charge in [-0.15, -0.1) is 0 Å². The number of nitrogens with zero attached hydrogens (tertiary/aromatic N) is 4. The second-order valence-corrected chi connectivity index (χ2v) is 8.24. The fourth-order valence-corrected chi connectivity index (χ4v) is 3.80. The zero-order valence-corrected chi connectivity index (χ0v) is 19.2. The first kappa shape index (κ1) is 22.0. The zero-order chi connectivity index (χ0) is 22.7. The monoisotopic (exact) mass is 468 g/mol. The third-order valence-electron chi connectivity index (χ3n) is 5.05. The van der Waals surface area contributed by atoms with Crippen LogP contribution in [0.15, 0.2) is 60.9 Å². The molecule has 2 N–H and O–H groups in total. The summed E-state index contributed by atoms with van der Waals surface area (Å²) in [4.78, 5) is 0. The van der Waals surface area contributed by atoms with Crippen LogP contribution in [-0.2, 0) is 13.1 Å². The fourth-order valence-electron chi connectivity index (χ4n) is 3.39. The van der Waals surface area contributed by atoms with Crippen LogP contribution in [0.1, 0.15) is 22.5 Å². The molecule has 0 amide bonds. The second-order valence-electron chi connectivity index (χ2n) is 7.43. The molecule has 0 spiro atoms. The van der Waals surface area contributed by atoms with E-state index in [1.165, 1.54) is 12.1 Å². The van der Waals surface area contributed by atoms with E-state index in [1.54, 1.807) is 23.0 Å². The van der Waals surface area contributed by atoms with E-state index >= 15 is 0 Å². The molecule has 0 aliphatic heterocycles. The Labute approximate surface area is 196 Å². The van der Waals surface area contributed by atoms with Crippen molar-refractivity contribution in [3.63, 3.8) is 0 Å².